The number of hydrogen-bond acceptors (Lipinski definition) is 3. The summed E-state index contributed by atoms with van der Waals surface area (Å²) < 4.78 is 23.5. The molecule has 6 heteroatoms. The summed E-state index contributed by atoms with van der Waals surface area (Å²) in [5.74, 6) is -0.258. The molecule has 0 radical (unpaired) electrons. The van der Waals surface area contributed by atoms with E-state index in [1.807, 2.05) is 0 Å². The normalized spacial score (nSPS) is 10.3. The minimum atomic E-state index is -2.77. The summed E-state index contributed by atoms with van der Waals surface area (Å²) in [5.41, 5.74) is 0.648. The van der Waals surface area contributed by atoms with Crippen LogP contribution in [-0.2, 0) is 10.9 Å². The number of amides is 1. The average Bonchev–Trinajstić information content (AvgIpc) is 2.34. The SMILES string of the molecule is CCCCCNC(=O)c1ccccc1N[SH](=O)=O. The summed E-state index contributed by atoms with van der Waals surface area (Å²) in [6.07, 6.45) is 3.07. The highest BCUT2D eigenvalue weighted by molar-refractivity contribution is 7.73. The lowest BCUT2D eigenvalue weighted by molar-refractivity contribution is 0.0954. The van der Waals surface area contributed by atoms with E-state index in [9.17, 15) is 13.2 Å². The van der Waals surface area contributed by atoms with Crippen LogP contribution in [0.3, 0.4) is 0 Å². The molecule has 0 aliphatic carbocycles. The van der Waals surface area contributed by atoms with Gasteiger partial charge in [0.15, 0.2) is 0 Å². The molecule has 0 saturated heterocycles. The van der Waals surface area contributed by atoms with Crippen molar-refractivity contribution >= 4 is 22.5 Å². The fourth-order valence-corrected chi connectivity index (χ4v) is 1.94. The minimum Gasteiger partial charge on any atom is -0.352 e. The molecule has 0 atom stereocenters. The summed E-state index contributed by atoms with van der Waals surface area (Å²) in [5, 5.41) is 2.77. The van der Waals surface area contributed by atoms with Gasteiger partial charge in [-0.05, 0) is 18.6 Å². The van der Waals surface area contributed by atoms with Crippen LogP contribution in [-0.4, -0.2) is 20.9 Å². The van der Waals surface area contributed by atoms with Crippen LogP contribution < -0.4 is 10.0 Å². The number of benzene rings is 1. The molecule has 5 nitrogen and oxygen atoms in total. The quantitative estimate of drug-likeness (QED) is 0.520. The Balaban J connectivity index is 2.66. The lowest BCUT2D eigenvalue weighted by atomic mass is 10.1. The van der Waals surface area contributed by atoms with Crippen LogP contribution in [0.1, 0.15) is 36.5 Å². The molecule has 0 aliphatic heterocycles. The first kappa shape index (κ1) is 14.5. The predicted octanol–water partition coefficient (Wildman–Crippen LogP) is 1.54. The number of thiol groups is 1. The van der Waals surface area contributed by atoms with Crippen LogP contribution in [0.2, 0.25) is 0 Å². The van der Waals surface area contributed by atoms with Crippen LogP contribution in [0.25, 0.3) is 0 Å². The van der Waals surface area contributed by atoms with E-state index in [2.05, 4.69) is 17.0 Å². The summed E-state index contributed by atoms with van der Waals surface area (Å²) >= 11 is 0. The summed E-state index contributed by atoms with van der Waals surface area (Å²) in [6.45, 7) is 2.69. The molecule has 0 saturated carbocycles. The maximum atomic E-state index is 11.9. The number of carbonyl (C=O) groups is 1. The van der Waals surface area contributed by atoms with E-state index >= 15 is 0 Å². The minimum absolute atomic E-state index is 0.258. The highest BCUT2D eigenvalue weighted by Crippen LogP contribution is 2.14. The number of para-hydroxylation sites is 1. The Morgan fingerprint density at radius 2 is 1.94 bits per heavy atom. The van der Waals surface area contributed by atoms with Crippen molar-refractivity contribution < 1.29 is 13.2 Å². The zero-order valence-electron chi connectivity index (χ0n) is 10.3. The Kier molecular flexibility index (Phi) is 6.21. The molecule has 2 N–H and O–H groups in total. The van der Waals surface area contributed by atoms with Crippen molar-refractivity contribution in [1.29, 1.82) is 0 Å². The Morgan fingerprint density at radius 1 is 1.22 bits per heavy atom. The molecule has 0 spiro atoms. The molecule has 1 aromatic carbocycles. The molecular weight excluding hydrogens is 252 g/mol. The highest BCUT2D eigenvalue weighted by Gasteiger charge is 2.10. The lowest BCUT2D eigenvalue weighted by Crippen LogP contribution is -2.25. The third-order valence-corrected chi connectivity index (χ3v) is 2.87. The van der Waals surface area contributed by atoms with Gasteiger partial charge in [0, 0.05) is 6.54 Å². The second kappa shape index (κ2) is 7.71. The van der Waals surface area contributed by atoms with Crippen molar-refractivity contribution in [3.8, 4) is 0 Å². The van der Waals surface area contributed by atoms with E-state index < -0.39 is 10.9 Å². The molecule has 0 heterocycles. The van der Waals surface area contributed by atoms with Crippen LogP contribution in [0.5, 0.6) is 0 Å². The number of anilines is 1. The fraction of sp³-hybridized carbons (Fsp3) is 0.417. The molecule has 0 unspecified atom stereocenters. The Bertz CT molecular complexity index is 464. The van der Waals surface area contributed by atoms with Crippen LogP contribution in [0.4, 0.5) is 5.69 Å². The van der Waals surface area contributed by atoms with Gasteiger partial charge in [-0.1, -0.05) is 31.9 Å². The highest BCUT2D eigenvalue weighted by atomic mass is 32.2. The average molecular weight is 270 g/mol. The van der Waals surface area contributed by atoms with E-state index in [1.54, 1.807) is 24.3 Å². The zero-order valence-corrected chi connectivity index (χ0v) is 11.2. The summed E-state index contributed by atoms with van der Waals surface area (Å²) in [4.78, 5) is 11.9. The second-order valence-corrected chi connectivity index (χ2v) is 4.62. The Hall–Kier alpha value is -1.56. The molecule has 0 aliphatic rings. The van der Waals surface area contributed by atoms with Gasteiger partial charge in [-0.3, -0.25) is 9.52 Å². The van der Waals surface area contributed by atoms with Gasteiger partial charge in [0.2, 0.25) is 10.9 Å². The largest absolute Gasteiger partial charge is 0.352 e. The predicted molar refractivity (Wildman–Crippen MR) is 72.2 cm³/mol. The van der Waals surface area contributed by atoms with Gasteiger partial charge >= 0.3 is 0 Å². The molecule has 1 aromatic rings. The van der Waals surface area contributed by atoms with Crippen LogP contribution in [0, 0.1) is 0 Å². The smallest absolute Gasteiger partial charge is 0.253 e. The van der Waals surface area contributed by atoms with E-state index in [1.165, 1.54) is 0 Å². The van der Waals surface area contributed by atoms with Crippen molar-refractivity contribution in [2.75, 3.05) is 11.3 Å². The monoisotopic (exact) mass is 270 g/mol. The number of nitrogens with one attached hydrogen (secondary N) is 2. The van der Waals surface area contributed by atoms with Gasteiger partial charge in [-0.25, -0.2) is 8.42 Å². The van der Waals surface area contributed by atoms with Gasteiger partial charge in [0.05, 0.1) is 11.3 Å². The van der Waals surface area contributed by atoms with Crippen molar-refractivity contribution in [3.05, 3.63) is 29.8 Å². The molecular formula is C12H18N2O3S. The molecule has 0 fully saturated rings. The third-order valence-electron chi connectivity index (χ3n) is 2.45. The topological polar surface area (TPSA) is 75.3 Å². The van der Waals surface area contributed by atoms with Gasteiger partial charge in [-0.15, -0.1) is 0 Å². The van der Waals surface area contributed by atoms with E-state index in [0.29, 0.717) is 17.8 Å². The van der Waals surface area contributed by atoms with E-state index in [4.69, 9.17) is 0 Å². The summed E-state index contributed by atoms with van der Waals surface area (Å²) in [7, 11) is -2.77. The number of unbranched alkanes of at least 4 members (excludes halogenated alkanes) is 2. The molecule has 18 heavy (non-hydrogen) atoms. The van der Waals surface area contributed by atoms with Gasteiger partial charge in [-0.2, -0.15) is 0 Å². The molecule has 1 rings (SSSR count). The standard InChI is InChI=1S/C12H18N2O3S/c1-2-3-6-9-13-12(15)10-7-4-5-8-11(10)14-18(16)17/h4-5,7-8,18H,2-3,6,9H2,1H3,(H,13,15)(H,14,16,17). The molecule has 100 valence electrons. The third kappa shape index (κ3) is 4.75. The van der Waals surface area contributed by atoms with Gasteiger partial charge in [0.25, 0.3) is 5.91 Å². The second-order valence-electron chi connectivity index (χ2n) is 3.88. The first-order valence-electron chi connectivity index (χ1n) is 5.93. The maximum absolute atomic E-state index is 11.9. The van der Waals surface area contributed by atoms with Crippen LogP contribution >= 0.6 is 0 Å². The number of carbonyl (C=O) groups excluding carboxylic acids is 1. The Morgan fingerprint density at radius 3 is 2.61 bits per heavy atom. The first-order chi connectivity index (χ1) is 8.65. The number of hydrogen-bond donors (Lipinski definition) is 3. The zero-order chi connectivity index (χ0) is 13.4. The van der Waals surface area contributed by atoms with Crippen molar-refractivity contribution in [1.82, 2.24) is 5.32 Å². The van der Waals surface area contributed by atoms with E-state index in [-0.39, 0.29) is 5.91 Å². The van der Waals surface area contributed by atoms with E-state index in [0.717, 1.165) is 19.3 Å². The first-order valence-corrected chi connectivity index (χ1v) is 7.11. The van der Waals surface area contributed by atoms with Crippen molar-refractivity contribution in [2.45, 2.75) is 26.2 Å². The van der Waals surface area contributed by atoms with Gasteiger partial charge < -0.3 is 5.32 Å². The molecule has 0 aromatic heterocycles. The molecule has 1 amide bonds. The lowest BCUT2D eigenvalue weighted by Gasteiger charge is -2.08. The Labute approximate surface area is 109 Å². The van der Waals surface area contributed by atoms with Crippen LogP contribution in [0.15, 0.2) is 24.3 Å². The van der Waals surface area contributed by atoms with Crippen molar-refractivity contribution in [2.24, 2.45) is 0 Å². The fourth-order valence-electron chi connectivity index (χ4n) is 1.55. The van der Waals surface area contributed by atoms with Crippen molar-refractivity contribution in [3.63, 3.8) is 0 Å². The number of rotatable bonds is 7. The summed E-state index contributed by atoms with van der Waals surface area (Å²) in [6, 6.07) is 6.53. The van der Waals surface area contributed by atoms with Gasteiger partial charge in [0.1, 0.15) is 0 Å². The maximum Gasteiger partial charge on any atom is 0.253 e. The molecule has 0 bridgehead atoms.